The zero-order valence-electron chi connectivity index (χ0n) is 14.4. The van der Waals surface area contributed by atoms with Crippen LogP contribution in [0.5, 0.6) is 0 Å². The summed E-state index contributed by atoms with van der Waals surface area (Å²) in [6, 6.07) is 18.9. The standard InChI is InChI=1S/C22H12ClF2N3/c23-14-7-4-8-16(9-14)28-22-17-10-15(24)11-19(25)21(17)26-12-18(22)20(27-28)13-5-2-1-3-6-13/h1-12H. The summed E-state index contributed by atoms with van der Waals surface area (Å²) in [4.78, 5) is 4.24. The van der Waals surface area contributed by atoms with Crippen molar-refractivity contribution in [1.82, 2.24) is 14.8 Å². The minimum absolute atomic E-state index is 0.0942. The fraction of sp³-hybridized carbons (Fsp3) is 0. The molecule has 3 aromatic carbocycles. The Morgan fingerprint density at radius 2 is 1.68 bits per heavy atom. The molecule has 2 heterocycles. The largest absolute Gasteiger partial charge is 0.252 e. The lowest BCUT2D eigenvalue weighted by molar-refractivity contribution is 0.590. The van der Waals surface area contributed by atoms with Gasteiger partial charge in [0.05, 0.1) is 11.2 Å². The predicted molar refractivity (Wildman–Crippen MR) is 107 cm³/mol. The molecule has 0 amide bonds. The average Bonchev–Trinajstić information content (AvgIpc) is 3.09. The summed E-state index contributed by atoms with van der Waals surface area (Å²) in [7, 11) is 0. The van der Waals surface area contributed by atoms with Crippen molar-refractivity contribution in [2.75, 3.05) is 0 Å². The van der Waals surface area contributed by atoms with Gasteiger partial charge in [-0.2, -0.15) is 5.10 Å². The Balaban J connectivity index is 1.96. The van der Waals surface area contributed by atoms with Crippen LogP contribution in [0.1, 0.15) is 0 Å². The van der Waals surface area contributed by atoms with Crippen LogP contribution < -0.4 is 0 Å². The maximum absolute atomic E-state index is 14.3. The number of rotatable bonds is 2. The number of hydrogen-bond acceptors (Lipinski definition) is 2. The third-order valence-corrected chi connectivity index (χ3v) is 4.86. The Labute approximate surface area is 163 Å². The molecule has 0 bridgehead atoms. The molecule has 0 N–H and O–H groups in total. The molecule has 0 spiro atoms. The van der Waals surface area contributed by atoms with Gasteiger partial charge in [0.25, 0.3) is 0 Å². The summed E-state index contributed by atoms with van der Waals surface area (Å²) >= 11 is 6.16. The van der Waals surface area contributed by atoms with E-state index in [2.05, 4.69) is 4.98 Å². The molecule has 3 nitrogen and oxygen atoms in total. The molecule has 0 atom stereocenters. The maximum Gasteiger partial charge on any atom is 0.152 e. The van der Waals surface area contributed by atoms with E-state index >= 15 is 0 Å². The highest BCUT2D eigenvalue weighted by atomic mass is 35.5. The third kappa shape index (κ3) is 2.63. The first kappa shape index (κ1) is 16.8. The normalized spacial score (nSPS) is 11.4. The average molecular weight is 392 g/mol. The Morgan fingerprint density at radius 3 is 2.46 bits per heavy atom. The third-order valence-electron chi connectivity index (χ3n) is 4.63. The molecule has 5 rings (SSSR count). The van der Waals surface area contributed by atoms with Gasteiger partial charge in [-0.05, 0) is 24.3 Å². The van der Waals surface area contributed by atoms with E-state index in [1.165, 1.54) is 6.07 Å². The van der Waals surface area contributed by atoms with Crippen LogP contribution in [0.3, 0.4) is 0 Å². The second-order valence-electron chi connectivity index (χ2n) is 6.41. The van der Waals surface area contributed by atoms with Crippen LogP contribution in [0.25, 0.3) is 38.8 Å². The molecule has 0 saturated carbocycles. The number of fused-ring (bicyclic) bond motifs is 3. The van der Waals surface area contributed by atoms with Crippen molar-refractivity contribution in [2.24, 2.45) is 0 Å². The van der Waals surface area contributed by atoms with Gasteiger partial charge in [-0.15, -0.1) is 0 Å². The quantitative estimate of drug-likeness (QED) is 0.360. The van der Waals surface area contributed by atoms with E-state index in [1.54, 1.807) is 29.1 Å². The number of benzene rings is 3. The van der Waals surface area contributed by atoms with Crippen molar-refractivity contribution in [3.63, 3.8) is 0 Å². The van der Waals surface area contributed by atoms with E-state index in [-0.39, 0.29) is 5.52 Å². The Hall–Kier alpha value is -3.31. The van der Waals surface area contributed by atoms with Crippen molar-refractivity contribution in [2.45, 2.75) is 0 Å². The molecule has 0 saturated heterocycles. The molecule has 2 aromatic heterocycles. The van der Waals surface area contributed by atoms with Crippen molar-refractivity contribution in [3.8, 4) is 16.9 Å². The van der Waals surface area contributed by atoms with Gasteiger partial charge in [-0.3, -0.25) is 4.98 Å². The van der Waals surface area contributed by atoms with Crippen molar-refractivity contribution in [1.29, 1.82) is 0 Å². The fourth-order valence-electron chi connectivity index (χ4n) is 3.42. The van der Waals surface area contributed by atoms with E-state index in [1.807, 2.05) is 36.4 Å². The molecule has 0 fully saturated rings. The highest BCUT2D eigenvalue weighted by Gasteiger charge is 2.19. The summed E-state index contributed by atoms with van der Waals surface area (Å²) in [6.45, 7) is 0. The number of aromatic nitrogens is 3. The van der Waals surface area contributed by atoms with Crippen molar-refractivity contribution < 1.29 is 8.78 Å². The van der Waals surface area contributed by atoms with E-state index in [0.29, 0.717) is 32.7 Å². The highest BCUT2D eigenvalue weighted by molar-refractivity contribution is 6.30. The number of halogens is 3. The first-order valence-electron chi connectivity index (χ1n) is 8.59. The summed E-state index contributed by atoms with van der Waals surface area (Å²) in [5.74, 6) is -1.38. The summed E-state index contributed by atoms with van der Waals surface area (Å²) < 4.78 is 30.0. The molecule has 5 aromatic rings. The van der Waals surface area contributed by atoms with Gasteiger partial charge in [-0.25, -0.2) is 13.5 Å². The lowest BCUT2D eigenvalue weighted by atomic mass is 10.1. The molecule has 0 aliphatic carbocycles. The minimum atomic E-state index is -0.711. The Kier molecular flexibility index (Phi) is 3.84. The molecular formula is C22H12ClF2N3. The van der Waals surface area contributed by atoms with Gasteiger partial charge in [0.2, 0.25) is 0 Å². The van der Waals surface area contributed by atoms with E-state index in [9.17, 15) is 8.78 Å². The molecule has 0 aliphatic rings. The number of nitrogens with zero attached hydrogens (tertiary/aromatic N) is 3. The summed E-state index contributed by atoms with van der Waals surface area (Å²) in [5.41, 5.74) is 2.92. The van der Waals surface area contributed by atoms with Gasteiger partial charge in [-0.1, -0.05) is 48.0 Å². The zero-order chi connectivity index (χ0) is 19.3. The fourth-order valence-corrected chi connectivity index (χ4v) is 3.61. The molecular weight excluding hydrogens is 380 g/mol. The van der Waals surface area contributed by atoms with Crippen LogP contribution in [-0.2, 0) is 0 Å². The zero-order valence-corrected chi connectivity index (χ0v) is 15.2. The van der Waals surface area contributed by atoms with Crippen LogP contribution >= 0.6 is 11.6 Å². The van der Waals surface area contributed by atoms with E-state index in [0.717, 1.165) is 11.6 Å². The van der Waals surface area contributed by atoms with Crippen LogP contribution in [0.15, 0.2) is 72.9 Å². The van der Waals surface area contributed by atoms with E-state index in [4.69, 9.17) is 16.7 Å². The van der Waals surface area contributed by atoms with Crippen LogP contribution in [0.4, 0.5) is 8.78 Å². The number of hydrogen-bond donors (Lipinski definition) is 0. The highest BCUT2D eigenvalue weighted by Crippen LogP contribution is 2.34. The predicted octanol–water partition coefficient (Wildman–Crippen LogP) is 6.17. The van der Waals surface area contributed by atoms with Gasteiger partial charge in [0.1, 0.15) is 17.0 Å². The second kappa shape index (κ2) is 6.39. The molecule has 28 heavy (non-hydrogen) atoms. The Bertz CT molecular complexity index is 1350. The Morgan fingerprint density at radius 1 is 0.857 bits per heavy atom. The monoisotopic (exact) mass is 391 g/mol. The van der Waals surface area contributed by atoms with E-state index < -0.39 is 11.6 Å². The SMILES string of the molecule is Fc1cc(F)c2ncc3c(-c4ccccc4)nn(-c4cccc(Cl)c4)c3c2c1. The van der Waals surface area contributed by atoms with Gasteiger partial charge >= 0.3 is 0 Å². The topological polar surface area (TPSA) is 30.7 Å². The second-order valence-corrected chi connectivity index (χ2v) is 6.85. The molecule has 6 heteroatoms. The van der Waals surface area contributed by atoms with Gasteiger partial charge in [0.15, 0.2) is 5.82 Å². The molecule has 0 unspecified atom stereocenters. The van der Waals surface area contributed by atoms with Crippen molar-refractivity contribution >= 4 is 33.4 Å². The van der Waals surface area contributed by atoms with Crippen LogP contribution in [0, 0.1) is 11.6 Å². The van der Waals surface area contributed by atoms with Gasteiger partial charge < -0.3 is 0 Å². The van der Waals surface area contributed by atoms with Gasteiger partial charge in [0, 0.05) is 33.6 Å². The van der Waals surface area contributed by atoms with Crippen LogP contribution in [0.2, 0.25) is 5.02 Å². The van der Waals surface area contributed by atoms with Crippen molar-refractivity contribution in [3.05, 3.63) is 89.6 Å². The molecule has 136 valence electrons. The molecule has 0 aliphatic heterocycles. The first-order valence-corrected chi connectivity index (χ1v) is 8.97. The lowest BCUT2D eigenvalue weighted by Crippen LogP contribution is -1.98. The maximum atomic E-state index is 14.3. The van der Waals surface area contributed by atoms with Crippen LogP contribution in [-0.4, -0.2) is 14.8 Å². The smallest absolute Gasteiger partial charge is 0.152 e. The minimum Gasteiger partial charge on any atom is -0.252 e. The first-order chi connectivity index (χ1) is 13.6. The summed E-state index contributed by atoms with van der Waals surface area (Å²) in [5, 5.41) is 6.34. The summed E-state index contributed by atoms with van der Waals surface area (Å²) in [6.07, 6.45) is 1.58. The lowest BCUT2D eigenvalue weighted by Gasteiger charge is -2.07. The molecule has 0 radical (unpaired) electrons. The number of pyridine rings is 1.